The minimum atomic E-state index is 0.0100. The van der Waals surface area contributed by atoms with Gasteiger partial charge in [-0.15, -0.1) is 0 Å². The zero-order chi connectivity index (χ0) is 27.1. The number of aromatic nitrogens is 4. The van der Waals surface area contributed by atoms with Gasteiger partial charge in [-0.1, -0.05) is 60.7 Å². The first-order valence-electron chi connectivity index (χ1n) is 14.0. The number of para-hydroxylation sites is 4. The van der Waals surface area contributed by atoms with Gasteiger partial charge in [-0.25, -0.2) is 9.25 Å². The van der Waals surface area contributed by atoms with Gasteiger partial charge >= 0.3 is 6.85 Å². The summed E-state index contributed by atoms with van der Waals surface area (Å²) in [7, 11) is 2.11. The Balaban J connectivity index is 1.35. The molecule has 9 rings (SSSR count). The summed E-state index contributed by atoms with van der Waals surface area (Å²) in [6.45, 7) is 0.0100. The van der Waals surface area contributed by atoms with Crippen molar-refractivity contribution in [1.82, 2.24) is 14.3 Å². The van der Waals surface area contributed by atoms with E-state index in [0.717, 1.165) is 11.4 Å². The standard InChI is InChI=1S/C35H25BN5/c1-38-23-39(35-14-7-6-13-34(35)38)24-15-17-26-28-9-2-4-11-32(28)41-33-12-5-3-10-29(33)27-18-16-25(40-20-8-19-37-40)22-31(27)36(41)30(26)21-24/h2-23H,1H3/q+1. The lowest BCUT2D eigenvalue weighted by atomic mass is 9.43. The molecular weight excluding hydrogens is 501 g/mol. The number of aryl methyl sites for hydroxylation is 1. The molecule has 0 radical (unpaired) electrons. The van der Waals surface area contributed by atoms with Crippen LogP contribution < -0.4 is 20.3 Å². The molecule has 0 atom stereocenters. The van der Waals surface area contributed by atoms with Crippen molar-refractivity contribution in [3.8, 4) is 33.6 Å². The molecule has 4 heterocycles. The predicted octanol–water partition coefficient (Wildman–Crippen LogP) is 5.55. The van der Waals surface area contributed by atoms with Gasteiger partial charge in [0.15, 0.2) is 11.0 Å². The number of imidazole rings is 1. The van der Waals surface area contributed by atoms with Gasteiger partial charge in [0.25, 0.3) is 0 Å². The van der Waals surface area contributed by atoms with E-state index in [4.69, 9.17) is 0 Å². The van der Waals surface area contributed by atoms with Crippen LogP contribution in [-0.4, -0.2) is 21.2 Å². The number of anilines is 2. The van der Waals surface area contributed by atoms with E-state index in [2.05, 4.69) is 142 Å². The molecule has 0 unspecified atom stereocenters. The highest BCUT2D eigenvalue weighted by molar-refractivity contribution is 6.92. The van der Waals surface area contributed by atoms with Gasteiger partial charge in [0.05, 0.1) is 12.7 Å². The van der Waals surface area contributed by atoms with Crippen LogP contribution in [0.2, 0.25) is 0 Å². The fraction of sp³-hybridized carbons (Fsp3) is 0.0286. The zero-order valence-corrected chi connectivity index (χ0v) is 22.5. The first-order valence-corrected chi connectivity index (χ1v) is 14.0. The lowest BCUT2D eigenvalue weighted by Crippen LogP contribution is -2.59. The normalized spacial score (nSPS) is 12.9. The van der Waals surface area contributed by atoms with Gasteiger partial charge in [-0.3, -0.25) is 0 Å². The molecule has 2 aromatic heterocycles. The molecule has 6 heteroatoms. The van der Waals surface area contributed by atoms with E-state index in [0.29, 0.717) is 0 Å². The fourth-order valence-corrected chi connectivity index (χ4v) is 6.90. The minimum absolute atomic E-state index is 0.0100. The summed E-state index contributed by atoms with van der Waals surface area (Å²) >= 11 is 0. The van der Waals surface area contributed by atoms with E-state index in [1.165, 1.54) is 55.6 Å². The number of fused-ring (bicyclic) bond motifs is 12. The summed E-state index contributed by atoms with van der Waals surface area (Å²) in [5.74, 6) is 0. The second kappa shape index (κ2) is 8.32. The number of rotatable bonds is 2. The summed E-state index contributed by atoms with van der Waals surface area (Å²) in [5, 5.41) is 4.55. The Kier molecular flexibility index (Phi) is 4.56. The maximum absolute atomic E-state index is 4.55. The third-order valence-electron chi connectivity index (χ3n) is 8.68. The highest BCUT2D eigenvalue weighted by Crippen LogP contribution is 2.45. The van der Waals surface area contributed by atoms with Gasteiger partial charge < -0.3 is 4.81 Å². The molecule has 0 amide bonds. The van der Waals surface area contributed by atoms with Crippen molar-refractivity contribution in [2.45, 2.75) is 0 Å². The predicted molar refractivity (Wildman–Crippen MR) is 166 cm³/mol. The van der Waals surface area contributed by atoms with Crippen molar-refractivity contribution in [3.05, 3.63) is 134 Å². The molecule has 0 saturated heterocycles. The van der Waals surface area contributed by atoms with Crippen LogP contribution in [0.15, 0.2) is 134 Å². The molecule has 0 spiro atoms. The Morgan fingerprint density at radius 1 is 0.634 bits per heavy atom. The van der Waals surface area contributed by atoms with Gasteiger partial charge in [0.2, 0.25) is 6.33 Å². The van der Waals surface area contributed by atoms with Crippen molar-refractivity contribution >= 4 is 40.2 Å². The summed E-state index contributed by atoms with van der Waals surface area (Å²) in [5.41, 5.74) is 14.7. The van der Waals surface area contributed by atoms with E-state index >= 15 is 0 Å². The molecule has 41 heavy (non-hydrogen) atoms. The van der Waals surface area contributed by atoms with Crippen LogP contribution >= 0.6 is 0 Å². The third-order valence-corrected chi connectivity index (χ3v) is 8.68. The molecule has 0 bridgehead atoms. The maximum atomic E-state index is 4.55. The van der Waals surface area contributed by atoms with Crippen molar-refractivity contribution in [2.24, 2.45) is 7.05 Å². The largest absolute Gasteiger partial charge is 0.376 e. The van der Waals surface area contributed by atoms with E-state index in [-0.39, 0.29) is 6.85 Å². The average molecular weight is 526 g/mol. The maximum Gasteiger partial charge on any atom is 0.329 e. The van der Waals surface area contributed by atoms with Crippen LogP contribution in [-0.2, 0) is 7.05 Å². The lowest BCUT2D eigenvalue weighted by molar-refractivity contribution is -0.645. The van der Waals surface area contributed by atoms with Crippen molar-refractivity contribution in [1.29, 1.82) is 0 Å². The van der Waals surface area contributed by atoms with E-state index in [1.807, 2.05) is 23.1 Å². The molecule has 2 aliphatic rings. The highest BCUT2D eigenvalue weighted by Gasteiger charge is 2.42. The van der Waals surface area contributed by atoms with Crippen LogP contribution in [0.3, 0.4) is 0 Å². The molecular formula is C35H25BN5+. The summed E-state index contributed by atoms with van der Waals surface area (Å²) < 4.78 is 6.45. The Morgan fingerprint density at radius 2 is 1.27 bits per heavy atom. The van der Waals surface area contributed by atoms with Gasteiger partial charge in [0, 0.05) is 34.9 Å². The molecule has 0 aliphatic carbocycles. The monoisotopic (exact) mass is 526 g/mol. The molecule has 5 nitrogen and oxygen atoms in total. The Labute approximate surface area is 238 Å². The Morgan fingerprint density at radius 3 is 1.98 bits per heavy atom. The van der Waals surface area contributed by atoms with Crippen molar-refractivity contribution < 1.29 is 4.57 Å². The van der Waals surface area contributed by atoms with Gasteiger partial charge in [-0.2, -0.15) is 9.67 Å². The molecule has 0 saturated carbocycles. The summed E-state index contributed by atoms with van der Waals surface area (Å²) in [6, 6.07) is 41.9. The van der Waals surface area contributed by atoms with E-state index in [1.54, 1.807) is 0 Å². The summed E-state index contributed by atoms with van der Waals surface area (Å²) in [6.07, 6.45) is 6.03. The molecule has 7 aromatic rings. The molecule has 0 N–H and O–H groups in total. The smallest absolute Gasteiger partial charge is 0.329 e. The molecule has 192 valence electrons. The first-order chi connectivity index (χ1) is 20.3. The van der Waals surface area contributed by atoms with Gasteiger partial charge in [-0.05, 0) is 76.6 Å². The quantitative estimate of drug-likeness (QED) is 0.219. The number of hydrogen-bond donors (Lipinski definition) is 0. The minimum Gasteiger partial charge on any atom is -0.376 e. The van der Waals surface area contributed by atoms with Crippen molar-refractivity contribution in [3.63, 3.8) is 0 Å². The van der Waals surface area contributed by atoms with Crippen LogP contribution in [0.4, 0.5) is 11.4 Å². The second-order valence-corrected chi connectivity index (χ2v) is 10.9. The second-order valence-electron chi connectivity index (χ2n) is 10.9. The number of hydrogen-bond acceptors (Lipinski definition) is 2. The topological polar surface area (TPSA) is 29.9 Å². The van der Waals surface area contributed by atoms with Crippen LogP contribution in [0.25, 0.3) is 44.7 Å². The highest BCUT2D eigenvalue weighted by atomic mass is 15.3. The lowest BCUT2D eigenvalue weighted by Gasteiger charge is -2.43. The SMILES string of the molecule is C[n+]1cn(-c2ccc3c(c2)B2c4cc(-n5cccn5)ccc4-c4ccccc4N2c2ccccc2-3)c2ccccc21. The summed E-state index contributed by atoms with van der Waals surface area (Å²) in [4.78, 5) is 2.54. The van der Waals surface area contributed by atoms with Crippen LogP contribution in [0.5, 0.6) is 0 Å². The Hall–Kier alpha value is -5.36. The van der Waals surface area contributed by atoms with Crippen LogP contribution in [0, 0.1) is 0 Å². The van der Waals surface area contributed by atoms with Crippen LogP contribution in [0.1, 0.15) is 0 Å². The average Bonchev–Trinajstić information content (AvgIpc) is 3.69. The van der Waals surface area contributed by atoms with Crippen molar-refractivity contribution in [2.75, 3.05) is 4.81 Å². The zero-order valence-electron chi connectivity index (χ0n) is 22.5. The molecule has 2 aliphatic heterocycles. The van der Waals surface area contributed by atoms with Gasteiger partial charge in [0.1, 0.15) is 5.69 Å². The number of nitrogens with zero attached hydrogens (tertiary/aromatic N) is 5. The molecule has 5 aromatic carbocycles. The fourth-order valence-electron chi connectivity index (χ4n) is 6.90. The number of benzene rings is 5. The third kappa shape index (κ3) is 3.13. The first kappa shape index (κ1) is 22.5. The van der Waals surface area contributed by atoms with E-state index in [9.17, 15) is 0 Å². The van der Waals surface area contributed by atoms with E-state index < -0.39 is 0 Å². The molecule has 0 fully saturated rings. The Bertz CT molecular complexity index is 2140.